The Balaban J connectivity index is 1.91. The molecule has 0 aliphatic carbocycles. The van der Waals surface area contributed by atoms with Gasteiger partial charge in [-0.3, -0.25) is 18.9 Å². The van der Waals surface area contributed by atoms with Gasteiger partial charge in [-0.15, -0.1) is 0 Å². The molecule has 7 nitrogen and oxygen atoms in total. The number of aromatic nitrogens is 5. The summed E-state index contributed by atoms with van der Waals surface area (Å²) in [6.07, 6.45) is 4.42. The fourth-order valence-electron chi connectivity index (χ4n) is 2.40. The molecule has 9 heteroatoms. The van der Waals surface area contributed by atoms with E-state index in [4.69, 9.17) is 0 Å². The van der Waals surface area contributed by atoms with Gasteiger partial charge in [0.25, 0.3) is 12.3 Å². The molecule has 3 rings (SSSR count). The molecule has 3 heterocycles. The zero-order valence-corrected chi connectivity index (χ0v) is 13.1. The molecule has 0 atom stereocenters. The summed E-state index contributed by atoms with van der Waals surface area (Å²) in [5.41, 5.74) is -0.160. The van der Waals surface area contributed by atoms with Crippen LogP contribution in [0.4, 0.5) is 14.5 Å². The van der Waals surface area contributed by atoms with Gasteiger partial charge in [0.05, 0.1) is 18.1 Å². The average molecular weight is 334 g/mol. The van der Waals surface area contributed by atoms with Gasteiger partial charge in [0.2, 0.25) is 0 Å². The Hall–Kier alpha value is -2.84. The Morgan fingerprint density at radius 3 is 2.83 bits per heavy atom. The van der Waals surface area contributed by atoms with Crippen molar-refractivity contribution in [1.82, 2.24) is 24.1 Å². The first-order chi connectivity index (χ1) is 11.5. The lowest BCUT2D eigenvalue weighted by molar-refractivity contribution is 0.1000. The first-order valence-corrected chi connectivity index (χ1v) is 7.39. The van der Waals surface area contributed by atoms with Crippen molar-refractivity contribution in [3.05, 3.63) is 42.4 Å². The van der Waals surface area contributed by atoms with Crippen LogP contribution in [0.1, 0.15) is 36.5 Å². The molecule has 0 saturated carbocycles. The lowest BCUT2D eigenvalue weighted by Gasteiger charge is -2.05. The molecular weight excluding hydrogens is 318 g/mol. The van der Waals surface area contributed by atoms with E-state index < -0.39 is 18.0 Å². The molecule has 126 valence electrons. The summed E-state index contributed by atoms with van der Waals surface area (Å²) in [5, 5.41) is 6.72. The minimum atomic E-state index is -2.87. The number of imidazole rings is 1. The van der Waals surface area contributed by atoms with Gasteiger partial charge in [0.15, 0.2) is 5.65 Å². The predicted octanol–water partition coefficient (Wildman–Crippen LogP) is 2.77. The SMILES string of the molecule is CC(C)Cn1cc(NC(=O)c2c(C(F)F)nc3cnccn23)cn1. The van der Waals surface area contributed by atoms with Gasteiger partial charge in [-0.25, -0.2) is 13.8 Å². The van der Waals surface area contributed by atoms with Crippen LogP contribution in [-0.2, 0) is 6.54 Å². The summed E-state index contributed by atoms with van der Waals surface area (Å²) in [6.45, 7) is 4.78. The van der Waals surface area contributed by atoms with Crippen molar-refractivity contribution in [2.75, 3.05) is 5.32 Å². The number of carbonyl (C=O) groups is 1. The van der Waals surface area contributed by atoms with Crippen LogP contribution in [-0.4, -0.2) is 30.1 Å². The van der Waals surface area contributed by atoms with E-state index in [0.717, 1.165) is 0 Å². The zero-order valence-electron chi connectivity index (χ0n) is 13.1. The number of nitrogens with zero attached hydrogens (tertiary/aromatic N) is 5. The van der Waals surface area contributed by atoms with Crippen molar-refractivity contribution in [2.45, 2.75) is 26.8 Å². The monoisotopic (exact) mass is 334 g/mol. The molecule has 0 aliphatic rings. The lowest BCUT2D eigenvalue weighted by atomic mass is 10.2. The van der Waals surface area contributed by atoms with Crippen LogP contribution in [0.2, 0.25) is 0 Å². The maximum absolute atomic E-state index is 13.2. The summed E-state index contributed by atoms with van der Waals surface area (Å²) in [6, 6.07) is 0. The summed E-state index contributed by atoms with van der Waals surface area (Å²) >= 11 is 0. The van der Waals surface area contributed by atoms with Crippen LogP contribution < -0.4 is 5.32 Å². The van der Waals surface area contributed by atoms with Gasteiger partial charge in [-0.1, -0.05) is 13.8 Å². The van der Waals surface area contributed by atoms with Crippen molar-refractivity contribution < 1.29 is 13.6 Å². The molecule has 3 aromatic heterocycles. The number of alkyl halides is 2. The van der Waals surface area contributed by atoms with E-state index in [2.05, 4.69) is 20.4 Å². The number of fused-ring (bicyclic) bond motifs is 1. The third-order valence-corrected chi connectivity index (χ3v) is 3.32. The van der Waals surface area contributed by atoms with E-state index in [1.54, 1.807) is 10.9 Å². The number of anilines is 1. The molecule has 0 spiro atoms. The van der Waals surface area contributed by atoms with E-state index >= 15 is 0 Å². The molecule has 3 aromatic rings. The maximum atomic E-state index is 13.2. The van der Waals surface area contributed by atoms with E-state index in [1.165, 1.54) is 29.2 Å². The van der Waals surface area contributed by atoms with Gasteiger partial charge in [0.1, 0.15) is 11.4 Å². The van der Waals surface area contributed by atoms with E-state index in [-0.39, 0.29) is 11.3 Å². The van der Waals surface area contributed by atoms with Crippen LogP contribution in [0, 0.1) is 5.92 Å². The topological polar surface area (TPSA) is 77.1 Å². The third kappa shape index (κ3) is 3.10. The molecule has 0 saturated heterocycles. The largest absolute Gasteiger partial charge is 0.318 e. The summed E-state index contributed by atoms with van der Waals surface area (Å²) < 4.78 is 29.4. The van der Waals surface area contributed by atoms with E-state index in [9.17, 15) is 13.6 Å². The Morgan fingerprint density at radius 2 is 2.12 bits per heavy atom. The number of hydrogen-bond acceptors (Lipinski definition) is 4. The Labute approximate surface area is 136 Å². The molecule has 1 amide bonds. The van der Waals surface area contributed by atoms with Gasteiger partial charge in [-0.2, -0.15) is 5.10 Å². The minimum Gasteiger partial charge on any atom is -0.318 e. The van der Waals surface area contributed by atoms with Crippen LogP contribution in [0.15, 0.2) is 31.0 Å². The molecule has 0 aromatic carbocycles. The zero-order chi connectivity index (χ0) is 17.3. The highest BCUT2D eigenvalue weighted by atomic mass is 19.3. The minimum absolute atomic E-state index is 0.188. The Kier molecular flexibility index (Phi) is 4.24. The molecule has 0 fully saturated rings. The first kappa shape index (κ1) is 16.0. The molecule has 24 heavy (non-hydrogen) atoms. The van der Waals surface area contributed by atoms with Crippen LogP contribution in [0.5, 0.6) is 0 Å². The van der Waals surface area contributed by atoms with Gasteiger partial charge in [-0.05, 0) is 5.92 Å². The standard InChI is InChI=1S/C15H16F2N6O/c1-9(2)7-22-8-10(5-19-22)20-15(24)13-12(14(16)17)21-11-6-18-3-4-23(11)13/h3-6,8-9,14H,7H2,1-2H3,(H,20,24). The Morgan fingerprint density at radius 1 is 1.33 bits per heavy atom. The Bertz CT molecular complexity index is 870. The molecule has 0 bridgehead atoms. The van der Waals surface area contributed by atoms with Crippen molar-refractivity contribution in [3.63, 3.8) is 0 Å². The second kappa shape index (κ2) is 6.34. The van der Waals surface area contributed by atoms with Crippen molar-refractivity contribution in [2.24, 2.45) is 5.92 Å². The summed E-state index contributed by atoms with van der Waals surface area (Å²) in [7, 11) is 0. The number of carbonyl (C=O) groups excluding carboxylic acids is 1. The maximum Gasteiger partial charge on any atom is 0.282 e. The van der Waals surface area contributed by atoms with Crippen molar-refractivity contribution in [1.29, 1.82) is 0 Å². The van der Waals surface area contributed by atoms with Crippen LogP contribution >= 0.6 is 0 Å². The fourth-order valence-corrected chi connectivity index (χ4v) is 2.40. The number of nitrogens with one attached hydrogen (secondary N) is 1. The summed E-state index contributed by atoms with van der Waals surface area (Å²) in [4.78, 5) is 20.1. The third-order valence-electron chi connectivity index (χ3n) is 3.32. The van der Waals surface area contributed by atoms with Gasteiger partial charge >= 0.3 is 0 Å². The van der Waals surface area contributed by atoms with E-state index in [1.807, 2.05) is 13.8 Å². The van der Waals surface area contributed by atoms with Crippen molar-refractivity contribution in [3.8, 4) is 0 Å². The highest BCUT2D eigenvalue weighted by molar-refractivity contribution is 6.04. The number of rotatable bonds is 5. The molecule has 0 aliphatic heterocycles. The highest BCUT2D eigenvalue weighted by Crippen LogP contribution is 2.24. The average Bonchev–Trinajstić information content (AvgIpc) is 3.10. The molecule has 1 N–H and O–H groups in total. The normalized spacial score (nSPS) is 11.6. The highest BCUT2D eigenvalue weighted by Gasteiger charge is 2.25. The molecule has 0 radical (unpaired) electrons. The number of hydrogen-bond donors (Lipinski definition) is 1. The second-order valence-electron chi connectivity index (χ2n) is 5.75. The van der Waals surface area contributed by atoms with Crippen LogP contribution in [0.3, 0.4) is 0 Å². The fraction of sp³-hybridized carbons (Fsp3) is 0.333. The number of halogens is 2. The van der Waals surface area contributed by atoms with Gasteiger partial charge < -0.3 is 5.32 Å². The van der Waals surface area contributed by atoms with E-state index in [0.29, 0.717) is 18.2 Å². The first-order valence-electron chi connectivity index (χ1n) is 7.39. The molecule has 0 unspecified atom stereocenters. The molecular formula is C15H16F2N6O. The summed E-state index contributed by atoms with van der Waals surface area (Å²) in [5.74, 6) is -0.279. The van der Waals surface area contributed by atoms with Crippen molar-refractivity contribution >= 4 is 17.2 Å². The smallest absolute Gasteiger partial charge is 0.282 e. The number of amides is 1. The van der Waals surface area contributed by atoms with Crippen LogP contribution in [0.25, 0.3) is 5.65 Å². The predicted molar refractivity (Wildman–Crippen MR) is 83.0 cm³/mol. The van der Waals surface area contributed by atoms with Gasteiger partial charge in [0, 0.05) is 25.1 Å². The quantitative estimate of drug-likeness (QED) is 0.778. The second-order valence-corrected chi connectivity index (χ2v) is 5.75. The lowest BCUT2D eigenvalue weighted by Crippen LogP contribution is -2.16.